The molecule has 1 aromatic carbocycles. The summed E-state index contributed by atoms with van der Waals surface area (Å²) in [7, 11) is 1.89. The monoisotopic (exact) mass is 294 g/mol. The number of aryl methyl sites for hydroxylation is 1. The molecule has 6 heteroatoms. The molecule has 0 aliphatic heterocycles. The van der Waals surface area contributed by atoms with Crippen molar-refractivity contribution in [2.45, 2.75) is 13.5 Å². The molecule has 108 valence electrons. The van der Waals surface area contributed by atoms with Crippen LogP contribution in [0.2, 0.25) is 0 Å². The van der Waals surface area contributed by atoms with Crippen LogP contribution in [-0.2, 0) is 18.4 Å². The van der Waals surface area contributed by atoms with Gasteiger partial charge in [-0.25, -0.2) is 0 Å². The van der Waals surface area contributed by atoms with Crippen molar-refractivity contribution < 1.29 is 4.79 Å². The smallest absolute Gasteiger partial charge is 0.239 e. The van der Waals surface area contributed by atoms with E-state index < -0.39 is 0 Å². The predicted octanol–water partition coefficient (Wildman–Crippen LogP) is 1.88. The van der Waals surface area contributed by atoms with Crippen LogP contribution in [0, 0.1) is 6.92 Å². The fourth-order valence-corrected chi connectivity index (χ4v) is 1.71. The van der Waals surface area contributed by atoms with Crippen molar-refractivity contribution in [1.29, 1.82) is 0 Å². The Bertz CT molecular complexity index is 554. The number of carbonyl (C=O) groups excluding carboxylic acids is 1. The number of aromatic nitrogens is 2. The first-order chi connectivity index (χ1) is 9.16. The third-order valence-corrected chi connectivity index (χ3v) is 3.04. The molecule has 0 saturated heterocycles. The van der Waals surface area contributed by atoms with Crippen molar-refractivity contribution >= 4 is 24.0 Å². The van der Waals surface area contributed by atoms with E-state index in [0.717, 1.165) is 16.9 Å². The highest BCUT2D eigenvalue weighted by Crippen LogP contribution is 2.05. The number of amides is 1. The van der Waals surface area contributed by atoms with Gasteiger partial charge in [0.25, 0.3) is 0 Å². The quantitative estimate of drug-likeness (QED) is 0.885. The normalized spacial score (nSPS) is 9.70. The van der Waals surface area contributed by atoms with Gasteiger partial charge in [0.1, 0.15) is 0 Å². The molecule has 2 aromatic rings. The number of para-hydroxylation sites is 1. The molecule has 1 amide bonds. The molecule has 0 saturated carbocycles. The van der Waals surface area contributed by atoms with Crippen LogP contribution < -0.4 is 10.6 Å². The number of carbonyl (C=O) groups is 1. The fourth-order valence-electron chi connectivity index (χ4n) is 1.71. The third-order valence-electron chi connectivity index (χ3n) is 3.04. The predicted molar refractivity (Wildman–Crippen MR) is 82.0 cm³/mol. The van der Waals surface area contributed by atoms with E-state index in [2.05, 4.69) is 15.7 Å². The number of nitrogens with zero attached hydrogens (tertiary/aromatic N) is 2. The van der Waals surface area contributed by atoms with Gasteiger partial charge in [0.15, 0.2) is 0 Å². The molecule has 0 bridgehead atoms. The van der Waals surface area contributed by atoms with Gasteiger partial charge in [0.2, 0.25) is 5.91 Å². The summed E-state index contributed by atoms with van der Waals surface area (Å²) in [6, 6.07) is 9.66. The molecule has 2 N–H and O–H groups in total. The summed E-state index contributed by atoms with van der Waals surface area (Å²) >= 11 is 0. The number of rotatable bonds is 5. The number of hydrogen-bond acceptors (Lipinski definition) is 3. The van der Waals surface area contributed by atoms with Gasteiger partial charge in [-0.3, -0.25) is 9.48 Å². The molecular weight excluding hydrogens is 276 g/mol. The Labute approximate surface area is 124 Å². The fraction of sp³-hybridized carbons (Fsp3) is 0.286. The minimum atomic E-state index is -0.0351. The second-order valence-electron chi connectivity index (χ2n) is 4.38. The largest absolute Gasteiger partial charge is 0.376 e. The maximum Gasteiger partial charge on any atom is 0.239 e. The Morgan fingerprint density at radius 3 is 2.60 bits per heavy atom. The number of hydrogen-bond donors (Lipinski definition) is 2. The molecule has 20 heavy (non-hydrogen) atoms. The van der Waals surface area contributed by atoms with Crippen molar-refractivity contribution in [1.82, 2.24) is 15.1 Å². The molecule has 0 radical (unpaired) electrons. The molecule has 0 aliphatic rings. The molecular formula is C14H19ClN4O. The number of nitrogens with one attached hydrogen (secondary N) is 2. The second kappa shape index (κ2) is 7.55. The van der Waals surface area contributed by atoms with Crippen molar-refractivity contribution in [2.75, 3.05) is 11.9 Å². The standard InChI is InChI=1S/C14H18N4O.ClH/c1-11-12(9-17-18(11)2)8-16-14(19)10-15-13-6-4-3-5-7-13;/h3-7,9,15H,8,10H2,1-2H3,(H,16,19);1H. The van der Waals surface area contributed by atoms with Crippen molar-refractivity contribution in [3.8, 4) is 0 Å². The van der Waals surface area contributed by atoms with Gasteiger partial charge >= 0.3 is 0 Å². The summed E-state index contributed by atoms with van der Waals surface area (Å²) in [5.74, 6) is -0.0351. The van der Waals surface area contributed by atoms with E-state index in [0.29, 0.717) is 6.54 Å². The van der Waals surface area contributed by atoms with Crippen LogP contribution in [0.15, 0.2) is 36.5 Å². The van der Waals surface area contributed by atoms with Crippen LogP contribution in [0.5, 0.6) is 0 Å². The molecule has 0 fully saturated rings. The van der Waals surface area contributed by atoms with Crippen molar-refractivity contribution in [2.24, 2.45) is 7.05 Å². The number of benzene rings is 1. The van der Waals surface area contributed by atoms with Gasteiger partial charge in [-0.2, -0.15) is 5.10 Å². The number of anilines is 1. The zero-order valence-corrected chi connectivity index (χ0v) is 12.4. The summed E-state index contributed by atoms with van der Waals surface area (Å²) < 4.78 is 1.80. The lowest BCUT2D eigenvalue weighted by atomic mass is 10.2. The maximum atomic E-state index is 11.7. The SMILES string of the molecule is Cc1c(CNC(=O)CNc2ccccc2)cnn1C.Cl. The highest BCUT2D eigenvalue weighted by atomic mass is 35.5. The topological polar surface area (TPSA) is 59.0 Å². The molecule has 2 rings (SSSR count). The van der Waals surface area contributed by atoms with Gasteiger partial charge in [-0.15, -0.1) is 12.4 Å². The van der Waals surface area contributed by atoms with Crippen LogP contribution in [0.1, 0.15) is 11.3 Å². The van der Waals surface area contributed by atoms with Gasteiger partial charge in [-0.05, 0) is 19.1 Å². The minimum absolute atomic E-state index is 0. The highest BCUT2D eigenvalue weighted by Gasteiger charge is 2.05. The average Bonchev–Trinajstić information content (AvgIpc) is 2.75. The second-order valence-corrected chi connectivity index (χ2v) is 4.38. The molecule has 0 unspecified atom stereocenters. The van der Waals surface area contributed by atoms with E-state index in [4.69, 9.17) is 0 Å². The molecule has 0 aliphatic carbocycles. The number of halogens is 1. The summed E-state index contributed by atoms with van der Waals surface area (Å²) in [6.45, 7) is 2.76. The van der Waals surface area contributed by atoms with Crippen molar-refractivity contribution in [3.63, 3.8) is 0 Å². The lowest BCUT2D eigenvalue weighted by Crippen LogP contribution is -2.29. The van der Waals surface area contributed by atoms with E-state index in [9.17, 15) is 4.79 Å². The summed E-state index contributed by atoms with van der Waals surface area (Å²) in [4.78, 5) is 11.7. The molecule has 1 heterocycles. The van der Waals surface area contributed by atoms with Gasteiger partial charge in [0.05, 0.1) is 12.7 Å². The Balaban J connectivity index is 0.00000200. The van der Waals surface area contributed by atoms with Crippen LogP contribution in [-0.4, -0.2) is 22.2 Å². The van der Waals surface area contributed by atoms with Crippen molar-refractivity contribution in [3.05, 3.63) is 47.8 Å². The first-order valence-electron chi connectivity index (χ1n) is 6.20. The lowest BCUT2D eigenvalue weighted by Gasteiger charge is -2.07. The third kappa shape index (κ3) is 4.28. The van der Waals surface area contributed by atoms with Gasteiger partial charge < -0.3 is 10.6 Å². The first-order valence-corrected chi connectivity index (χ1v) is 6.20. The van der Waals surface area contributed by atoms with Crippen LogP contribution in [0.4, 0.5) is 5.69 Å². The molecule has 0 spiro atoms. The Hall–Kier alpha value is -2.01. The minimum Gasteiger partial charge on any atom is -0.376 e. The van der Waals surface area contributed by atoms with Gasteiger partial charge in [-0.1, -0.05) is 18.2 Å². The molecule has 0 atom stereocenters. The zero-order valence-electron chi connectivity index (χ0n) is 11.6. The summed E-state index contributed by atoms with van der Waals surface area (Å²) in [6.07, 6.45) is 1.78. The molecule has 5 nitrogen and oxygen atoms in total. The first kappa shape index (κ1) is 16.0. The summed E-state index contributed by atoms with van der Waals surface area (Å²) in [5.41, 5.74) is 3.04. The van der Waals surface area contributed by atoms with E-state index in [-0.39, 0.29) is 24.9 Å². The Kier molecular flexibility index (Phi) is 6.06. The maximum absolute atomic E-state index is 11.7. The van der Waals surface area contributed by atoms with Gasteiger partial charge in [0, 0.05) is 30.5 Å². The van der Waals surface area contributed by atoms with Crippen LogP contribution in [0.25, 0.3) is 0 Å². The Morgan fingerprint density at radius 1 is 1.30 bits per heavy atom. The molecule has 1 aromatic heterocycles. The Morgan fingerprint density at radius 2 is 2.00 bits per heavy atom. The lowest BCUT2D eigenvalue weighted by molar-refractivity contribution is -0.119. The van der Waals surface area contributed by atoms with E-state index >= 15 is 0 Å². The zero-order chi connectivity index (χ0) is 13.7. The summed E-state index contributed by atoms with van der Waals surface area (Å²) in [5, 5.41) is 10.1. The van der Waals surface area contributed by atoms with Crippen LogP contribution >= 0.6 is 12.4 Å². The van der Waals surface area contributed by atoms with E-state index in [1.807, 2.05) is 44.3 Å². The van der Waals surface area contributed by atoms with Crippen LogP contribution in [0.3, 0.4) is 0 Å². The highest BCUT2D eigenvalue weighted by molar-refractivity contribution is 5.85. The average molecular weight is 295 g/mol. The van der Waals surface area contributed by atoms with E-state index in [1.54, 1.807) is 10.9 Å². The van der Waals surface area contributed by atoms with E-state index in [1.165, 1.54) is 0 Å².